The van der Waals surface area contributed by atoms with Gasteiger partial charge in [-0.25, -0.2) is 4.79 Å². The Morgan fingerprint density at radius 3 is 2.29 bits per heavy atom. The molecule has 21 heavy (non-hydrogen) atoms. The summed E-state index contributed by atoms with van der Waals surface area (Å²) in [5.74, 6) is 0. The van der Waals surface area contributed by atoms with Crippen molar-refractivity contribution in [3.63, 3.8) is 0 Å². The molecule has 0 aliphatic heterocycles. The number of aliphatic hydroxyl groups excluding tert-OH is 1. The number of nitrogens with zero attached hydrogens (tertiary/aromatic N) is 1. The highest BCUT2D eigenvalue weighted by molar-refractivity contribution is 5.69. The summed E-state index contributed by atoms with van der Waals surface area (Å²) < 4.78 is 5.43. The molecule has 1 fully saturated rings. The van der Waals surface area contributed by atoms with Gasteiger partial charge in [0.05, 0.1) is 12.4 Å². The molecule has 0 radical (unpaired) electrons. The van der Waals surface area contributed by atoms with Gasteiger partial charge in [-0.3, -0.25) is 0 Å². The van der Waals surface area contributed by atoms with Gasteiger partial charge in [-0.15, -0.1) is 0 Å². The zero-order valence-corrected chi connectivity index (χ0v) is 14.3. The quantitative estimate of drug-likeness (QED) is 0.795. The van der Waals surface area contributed by atoms with Crippen molar-refractivity contribution < 1.29 is 14.6 Å². The standard InChI is InChI=1S/C17H31NO3/c1-12(2)18(13(3)4)16(20)21-11-15-9-7-8-10-17(15,6)14(5)19/h11-14,19H,7-10H2,1-6H3/b15-11+/t14-,17-/m1/s1. The van der Waals surface area contributed by atoms with Crippen LogP contribution < -0.4 is 0 Å². The Morgan fingerprint density at radius 1 is 1.24 bits per heavy atom. The minimum atomic E-state index is -0.436. The predicted octanol–water partition coefficient (Wildman–Crippen LogP) is 4.09. The Bertz CT molecular complexity index is 379. The van der Waals surface area contributed by atoms with E-state index in [0.717, 1.165) is 31.3 Å². The lowest BCUT2D eigenvalue weighted by Crippen LogP contribution is -2.42. The summed E-state index contributed by atoms with van der Waals surface area (Å²) in [6, 6.07) is 0.204. The predicted molar refractivity (Wildman–Crippen MR) is 84.9 cm³/mol. The lowest BCUT2D eigenvalue weighted by molar-refractivity contribution is 0.0554. The van der Waals surface area contributed by atoms with Gasteiger partial charge in [0.2, 0.25) is 0 Å². The molecular formula is C17H31NO3. The Labute approximate surface area is 129 Å². The van der Waals surface area contributed by atoms with Crippen molar-refractivity contribution in [1.29, 1.82) is 0 Å². The Balaban J connectivity index is 2.84. The highest BCUT2D eigenvalue weighted by atomic mass is 16.5. The second-order valence-electron chi connectivity index (χ2n) is 6.92. The third kappa shape index (κ3) is 4.22. The van der Waals surface area contributed by atoms with E-state index >= 15 is 0 Å². The van der Waals surface area contributed by atoms with Crippen molar-refractivity contribution in [3.05, 3.63) is 11.8 Å². The summed E-state index contributed by atoms with van der Waals surface area (Å²) in [4.78, 5) is 14.0. The fourth-order valence-corrected chi connectivity index (χ4v) is 3.12. The summed E-state index contributed by atoms with van der Waals surface area (Å²) in [5, 5.41) is 10.1. The third-order valence-corrected chi connectivity index (χ3v) is 4.67. The first-order valence-corrected chi connectivity index (χ1v) is 8.06. The van der Waals surface area contributed by atoms with Crippen molar-refractivity contribution in [2.75, 3.05) is 0 Å². The molecule has 1 saturated carbocycles. The molecule has 1 aliphatic rings. The van der Waals surface area contributed by atoms with Gasteiger partial charge in [0.15, 0.2) is 0 Å². The number of aliphatic hydroxyl groups is 1. The molecule has 0 unspecified atom stereocenters. The van der Waals surface area contributed by atoms with Gasteiger partial charge in [0, 0.05) is 17.5 Å². The Kier molecular flexibility index (Phi) is 6.26. The maximum Gasteiger partial charge on any atom is 0.415 e. The topological polar surface area (TPSA) is 49.8 Å². The number of ether oxygens (including phenoxy) is 1. The van der Waals surface area contributed by atoms with Crippen LogP contribution >= 0.6 is 0 Å². The molecule has 4 nitrogen and oxygen atoms in total. The number of rotatable bonds is 4. The van der Waals surface area contributed by atoms with E-state index < -0.39 is 6.10 Å². The first-order chi connectivity index (χ1) is 9.70. The lowest BCUT2D eigenvalue weighted by atomic mass is 9.69. The summed E-state index contributed by atoms with van der Waals surface area (Å²) in [5.41, 5.74) is 0.767. The second kappa shape index (κ2) is 7.30. The van der Waals surface area contributed by atoms with E-state index in [1.54, 1.807) is 11.2 Å². The molecule has 0 aromatic heterocycles. The fourth-order valence-electron chi connectivity index (χ4n) is 3.12. The first-order valence-electron chi connectivity index (χ1n) is 8.06. The SMILES string of the molecule is CC(C)N(C(=O)O/C=C1\CCCC[C@]1(C)[C@@H](C)O)C(C)C. The van der Waals surface area contributed by atoms with Gasteiger partial charge in [0.25, 0.3) is 0 Å². The molecular weight excluding hydrogens is 266 g/mol. The van der Waals surface area contributed by atoms with Crippen LogP contribution in [-0.2, 0) is 4.74 Å². The highest BCUT2D eigenvalue weighted by Gasteiger charge is 2.36. The van der Waals surface area contributed by atoms with E-state index in [0.29, 0.717) is 0 Å². The molecule has 1 aliphatic carbocycles. The monoisotopic (exact) mass is 297 g/mol. The van der Waals surface area contributed by atoms with E-state index in [9.17, 15) is 9.90 Å². The maximum atomic E-state index is 12.2. The molecule has 1 amide bonds. The average molecular weight is 297 g/mol. The normalized spacial score (nSPS) is 26.2. The maximum absolute atomic E-state index is 12.2. The van der Waals surface area contributed by atoms with Crippen molar-refractivity contribution >= 4 is 6.09 Å². The van der Waals surface area contributed by atoms with Crippen LogP contribution in [0.5, 0.6) is 0 Å². The van der Waals surface area contributed by atoms with Gasteiger partial charge in [0.1, 0.15) is 0 Å². The highest BCUT2D eigenvalue weighted by Crippen LogP contribution is 2.43. The van der Waals surface area contributed by atoms with Crippen molar-refractivity contribution in [1.82, 2.24) is 4.90 Å². The lowest BCUT2D eigenvalue weighted by Gasteiger charge is -2.38. The number of carbonyl (C=O) groups is 1. The summed E-state index contributed by atoms with van der Waals surface area (Å²) in [6.45, 7) is 11.8. The molecule has 0 aromatic rings. The van der Waals surface area contributed by atoms with Crippen LogP contribution in [0, 0.1) is 5.41 Å². The number of hydrogen-bond acceptors (Lipinski definition) is 3. The number of hydrogen-bond donors (Lipinski definition) is 1. The fraction of sp³-hybridized carbons (Fsp3) is 0.824. The van der Waals surface area contributed by atoms with Gasteiger partial charge in [-0.2, -0.15) is 0 Å². The second-order valence-corrected chi connectivity index (χ2v) is 6.92. The zero-order chi connectivity index (χ0) is 16.2. The van der Waals surface area contributed by atoms with Gasteiger partial charge >= 0.3 is 6.09 Å². The van der Waals surface area contributed by atoms with Crippen LogP contribution in [0.25, 0.3) is 0 Å². The van der Waals surface area contributed by atoms with Gasteiger partial charge in [-0.1, -0.05) is 13.3 Å². The van der Waals surface area contributed by atoms with Crippen molar-refractivity contribution in [3.8, 4) is 0 Å². The molecule has 0 bridgehead atoms. The molecule has 0 saturated heterocycles. The number of amides is 1. The number of carbonyl (C=O) groups excluding carboxylic acids is 1. The first kappa shape index (κ1) is 18.0. The Morgan fingerprint density at radius 2 is 1.81 bits per heavy atom. The van der Waals surface area contributed by atoms with E-state index in [1.165, 1.54) is 0 Å². The van der Waals surface area contributed by atoms with Crippen LogP contribution in [0.3, 0.4) is 0 Å². The minimum Gasteiger partial charge on any atom is -0.418 e. The molecule has 1 rings (SSSR count). The smallest absolute Gasteiger partial charge is 0.415 e. The van der Waals surface area contributed by atoms with Gasteiger partial charge in [-0.05, 0) is 59.5 Å². The molecule has 122 valence electrons. The molecule has 0 heterocycles. The van der Waals surface area contributed by atoms with Crippen LogP contribution in [0.2, 0.25) is 0 Å². The van der Waals surface area contributed by atoms with Crippen LogP contribution in [0.1, 0.15) is 67.2 Å². The van der Waals surface area contributed by atoms with Crippen LogP contribution in [0.15, 0.2) is 11.8 Å². The molecule has 2 atom stereocenters. The van der Waals surface area contributed by atoms with E-state index in [4.69, 9.17) is 4.74 Å². The third-order valence-electron chi connectivity index (χ3n) is 4.67. The minimum absolute atomic E-state index is 0.102. The van der Waals surface area contributed by atoms with Crippen LogP contribution in [-0.4, -0.2) is 34.3 Å². The zero-order valence-electron chi connectivity index (χ0n) is 14.3. The molecule has 0 aromatic carbocycles. The van der Waals surface area contributed by atoms with Gasteiger partial charge < -0.3 is 14.7 Å². The molecule has 0 spiro atoms. The summed E-state index contributed by atoms with van der Waals surface area (Å²) >= 11 is 0. The largest absolute Gasteiger partial charge is 0.418 e. The van der Waals surface area contributed by atoms with Crippen molar-refractivity contribution in [2.45, 2.75) is 85.4 Å². The van der Waals surface area contributed by atoms with Crippen molar-refractivity contribution in [2.24, 2.45) is 5.41 Å². The van der Waals surface area contributed by atoms with E-state index in [-0.39, 0.29) is 23.6 Å². The van der Waals surface area contributed by atoms with E-state index in [2.05, 4.69) is 6.92 Å². The summed E-state index contributed by atoms with van der Waals surface area (Å²) in [6.07, 6.45) is 4.86. The van der Waals surface area contributed by atoms with E-state index in [1.807, 2.05) is 34.6 Å². The van der Waals surface area contributed by atoms with Crippen LogP contribution in [0.4, 0.5) is 4.79 Å². The average Bonchev–Trinajstić information content (AvgIpc) is 2.36. The molecule has 4 heteroatoms. The molecule has 1 N–H and O–H groups in total. The Hall–Kier alpha value is -1.03. The summed E-state index contributed by atoms with van der Waals surface area (Å²) in [7, 11) is 0.